The molecular weight excluding hydrogens is 517 g/mol. The largest absolute Gasteiger partial charge is 0.416 e. The summed E-state index contributed by atoms with van der Waals surface area (Å²) in [5.41, 5.74) is -0.953. The Hall–Kier alpha value is -3.66. The Labute approximate surface area is 219 Å². The number of halogens is 3. The van der Waals surface area contributed by atoms with Crippen molar-refractivity contribution in [2.45, 2.75) is 56.0 Å². The number of amides is 1. The summed E-state index contributed by atoms with van der Waals surface area (Å²) in [6.45, 7) is 7.19. The molecule has 1 heterocycles. The molecule has 38 heavy (non-hydrogen) atoms. The average Bonchev–Trinajstić information content (AvgIpc) is 2.87. The number of hydrogen-bond acceptors (Lipinski definition) is 4. The van der Waals surface area contributed by atoms with Crippen molar-refractivity contribution in [1.29, 1.82) is 0 Å². The summed E-state index contributed by atoms with van der Waals surface area (Å²) in [5, 5.41) is 1.93. The molecule has 0 saturated heterocycles. The highest BCUT2D eigenvalue weighted by molar-refractivity contribution is 7.92. The number of hydrogen-bond donors (Lipinski definition) is 1. The molecule has 1 atom stereocenters. The number of aromatic nitrogens is 1. The second-order valence-electron chi connectivity index (χ2n) is 8.87. The Morgan fingerprint density at radius 1 is 1.11 bits per heavy atom. The second-order valence-corrected chi connectivity index (χ2v) is 11.0. The minimum atomic E-state index is -4.58. The van der Waals surface area contributed by atoms with Crippen molar-refractivity contribution in [1.82, 2.24) is 9.88 Å². The third-order valence-corrected chi connectivity index (χ3v) is 8.32. The SMILES string of the molecule is C=CC(CCCC)S(=O)(=O)c1ccc(CNC(=O)c2ccc(C)n(-c3cccc(C(F)(F)F)c3)c2=O)cc1. The number of unbranched alkanes of at least 4 members (excludes halogenated alkanes) is 1. The van der Waals surface area contributed by atoms with Crippen LogP contribution in [0.25, 0.3) is 5.69 Å². The molecule has 1 N–H and O–H groups in total. The van der Waals surface area contributed by atoms with Gasteiger partial charge in [-0.25, -0.2) is 8.42 Å². The molecule has 1 aromatic heterocycles. The van der Waals surface area contributed by atoms with E-state index < -0.39 is 38.3 Å². The van der Waals surface area contributed by atoms with Crippen LogP contribution in [0, 0.1) is 6.92 Å². The van der Waals surface area contributed by atoms with Gasteiger partial charge in [-0.05, 0) is 61.4 Å². The minimum absolute atomic E-state index is 0.00876. The Morgan fingerprint density at radius 3 is 2.39 bits per heavy atom. The third kappa shape index (κ3) is 6.42. The zero-order valence-corrected chi connectivity index (χ0v) is 21.9. The minimum Gasteiger partial charge on any atom is -0.348 e. The number of carbonyl (C=O) groups is 1. The zero-order valence-electron chi connectivity index (χ0n) is 21.1. The molecule has 0 fully saturated rings. The van der Waals surface area contributed by atoms with Gasteiger partial charge in [0.1, 0.15) is 5.56 Å². The zero-order chi connectivity index (χ0) is 28.1. The molecule has 10 heteroatoms. The molecule has 0 aliphatic carbocycles. The molecule has 1 unspecified atom stereocenters. The topological polar surface area (TPSA) is 85.2 Å². The maximum atomic E-state index is 13.2. The van der Waals surface area contributed by atoms with Crippen LogP contribution in [-0.4, -0.2) is 24.1 Å². The molecule has 0 spiro atoms. The second kappa shape index (κ2) is 11.8. The van der Waals surface area contributed by atoms with E-state index in [2.05, 4.69) is 11.9 Å². The first kappa shape index (κ1) is 28.9. The van der Waals surface area contributed by atoms with Gasteiger partial charge in [0.2, 0.25) is 0 Å². The first-order valence-corrected chi connectivity index (χ1v) is 13.6. The molecule has 3 rings (SSSR count). The monoisotopic (exact) mass is 546 g/mol. The van der Waals surface area contributed by atoms with Crippen LogP contribution in [0.15, 0.2) is 83.0 Å². The number of benzene rings is 2. The molecule has 2 aromatic carbocycles. The van der Waals surface area contributed by atoms with Crippen LogP contribution in [0.3, 0.4) is 0 Å². The van der Waals surface area contributed by atoms with Gasteiger partial charge in [-0.15, -0.1) is 6.58 Å². The quantitative estimate of drug-likeness (QED) is 0.335. The van der Waals surface area contributed by atoms with Gasteiger partial charge in [0.05, 0.1) is 15.7 Å². The summed E-state index contributed by atoms with van der Waals surface area (Å²) >= 11 is 0. The number of pyridine rings is 1. The Balaban J connectivity index is 1.79. The van der Waals surface area contributed by atoms with Crippen molar-refractivity contribution in [3.05, 3.63) is 106 Å². The molecular formula is C28H29F3N2O4S. The van der Waals surface area contributed by atoms with Crippen molar-refractivity contribution in [3.63, 3.8) is 0 Å². The third-order valence-electron chi connectivity index (χ3n) is 6.16. The summed E-state index contributed by atoms with van der Waals surface area (Å²) in [6, 6.07) is 13.2. The number of aryl methyl sites for hydroxylation is 1. The first-order chi connectivity index (χ1) is 17.9. The van der Waals surface area contributed by atoms with Gasteiger partial charge in [0.25, 0.3) is 11.5 Å². The van der Waals surface area contributed by atoms with Crippen molar-refractivity contribution in [3.8, 4) is 5.69 Å². The molecule has 1 amide bonds. The van der Waals surface area contributed by atoms with Crippen LogP contribution >= 0.6 is 0 Å². The van der Waals surface area contributed by atoms with Crippen LogP contribution in [0.2, 0.25) is 0 Å². The normalized spacial score (nSPS) is 12.7. The highest BCUT2D eigenvalue weighted by Crippen LogP contribution is 2.30. The molecule has 3 aromatic rings. The van der Waals surface area contributed by atoms with E-state index in [1.807, 2.05) is 6.92 Å². The molecule has 0 bridgehead atoms. The fraction of sp³-hybridized carbons (Fsp3) is 0.286. The number of carbonyl (C=O) groups excluding carboxylic acids is 1. The van der Waals surface area contributed by atoms with E-state index in [9.17, 15) is 31.2 Å². The predicted octanol–water partition coefficient (Wildman–Crippen LogP) is 5.61. The van der Waals surface area contributed by atoms with Gasteiger partial charge < -0.3 is 5.32 Å². The number of nitrogens with zero attached hydrogens (tertiary/aromatic N) is 1. The van der Waals surface area contributed by atoms with Gasteiger partial charge in [-0.2, -0.15) is 13.2 Å². The lowest BCUT2D eigenvalue weighted by atomic mass is 10.1. The molecule has 0 radical (unpaired) electrons. The Kier molecular flexibility index (Phi) is 8.98. The van der Waals surface area contributed by atoms with Gasteiger partial charge in [0, 0.05) is 17.9 Å². The average molecular weight is 547 g/mol. The number of alkyl halides is 3. The molecule has 6 nitrogen and oxygen atoms in total. The van der Waals surface area contributed by atoms with E-state index in [1.54, 1.807) is 19.1 Å². The Morgan fingerprint density at radius 2 is 1.79 bits per heavy atom. The van der Waals surface area contributed by atoms with E-state index >= 15 is 0 Å². The lowest BCUT2D eigenvalue weighted by Gasteiger charge is -2.15. The standard InChI is InChI=1S/C28H29F3N2O4S/c1-4-6-10-23(5-2)38(36,37)24-14-12-20(13-15-24)18-32-26(34)25-16-11-19(3)33(27(25)35)22-9-7-8-21(17-22)28(29,30)31/h5,7-9,11-17,23H,2,4,6,10,18H2,1,3H3,(H,32,34). The van der Waals surface area contributed by atoms with Crippen molar-refractivity contribution >= 4 is 15.7 Å². The van der Waals surface area contributed by atoms with E-state index in [4.69, 9.17) is 0 Å². The van der Waals surface area contributed by atoms with Gasteiger partial charge in [0.15, 0.2) is 9.84 Å². The fourth-order valence-corrected chi connectivity index (χ4v) is 5.60. The maximum absolute atomic E-state index is 13.2. The summed E-state index contributed by atoms with van der Waals surface area (Å²) in [5.74, 6) is -0.710. The Bertz CT molecular complexity index is 1480. The smallest absolute Gasteiger partial charge is 0.348 e. The van der Waals surface area contributed by atoms with Crippen LogP contribution in [0.1, 0.15) is 53.4 Å². The van der Waals surface area contributed by atoms with Crippen LogP contribution in [-0.2, 0) is 22.6 Å². The number of rotatable bonds is 10. The maximum Gasteiger partial charge on any atom is 0.416 e. The van der Waals surface area contributed by atoms with Crippen molar-refractivity contribution in [2.24, 2.45) is 0 Å². The van der Waals surface area contributed by atoms with Crippen molar-refractivity contribution in [2.75, 3.05) is 0 Å². The summed E-state index contributed by atoms with van der Waals surface area (Å²) < 4.78 is 66.3. The lowest BCUT2D eigenvalue weighted by molar-refractivity contribution is -0.137. The van der Waals surface area contributed by atoms with Gasteiger partial charge in [-0.1, -0.05) is 44.0 Å². The van der Waals surface area contributed by atoms with Gasteiger partial charge in [-0.3, -0.25) is 14.2 Å². The summed E-state index contributed by atoms with van der Waals surface area (Å²) in [4.78, 5) is 26.0. The molecule has 0 saturated carbocycles. The number of sulfone groups is 1. The highest BCUT2D eigenvalue weighted by atomic mass is 32.2. The van der Waals surface area contributed by atoms with Crippen LogP contribution < -0.4 is 10.9 Å². The molecule has 202 valence electrons. The predicted molar refractivity (Wildman–Crippen MR) is 140 cm³/mol. The summed E-state index contributed by atoms with van der Waals surface area (Å²) in [6.07, 6.45) is -1.04. The highest BCUT2D eigenvalue weighted by Gasteiger charge is 2.31. The van der Waals surface area contributed by atoms with Crippen LogP contribution in [0.4, 0.5) is 13.2 Å². The van der Waals surface area contributed by atoms with Gasteiger partial charge >= 0.3 is 6.18 Å². The number of nitrogens with one attached hydrogen (secondary N) is 1. The van der Waals surface area contributed by atoms with E-state index in [-0.39, 0.29) is 22.7 Å². The molecule has 0 aliphatic rings. The van der Waals surface area contributed by atoms with E-state index in [0.29, 0.717) is 17.7 Å². The summed E-state index contributed by atoms with van der Waals surface area (Å²) in [7, 11) is -3.59. The molecule has 0 aliphatic heterocycles. The van der Waals surface area contributed by atoms with Crippen LogP contribution in [0.5, 0.6) is 0 Å². The first-order valence-electron chi connectivity index (χ1n) is 12.0. The van der Waals surface area contributed by atoms with Crippen molar-refractivity contribution < 1.29 is 26.4 Å². The van der Waals surface area contributed by atoms with E-state index in [1.165, 1.54) is 42.5 Å². The van der Waals surface area contributed by atoms with E-state index in [0.717, 1.165) is 29.5 Å². The fourth-order valence-electron chi connectivity index (χ4n) is 4.00. The lowest BCUT2D eigenvalue weighted by Crippen LogP contribution is -2.33.